The molecule has 1 aliphatic rings. The van der Waals surface area contributed by atoms with Crippen LogP contribution >= 0.6 is 0 Å². The number of nitrogens with zero attached hydrogens (tertiary/aromatic N) is 1. The minimum absolute atomic E-state index is 0.144. The first-order valence-electron chi connectivity index (χ1n) is 5.86. The summed E-state index contributed by atoms with van der Waals surface area (Å²) >= 11 is 0. The van der Waals surface area contributed by atoms with E-state index < -0.39 is 18.1 Å². The molecule has 1 rings (SSSR count). The van der Waals surface area contributed by atoms with E-state index >= 15 is 0 Å². The minimum atomic E-state index is -1.23. The number of hydrogen-bond acceptors (Lipinski definition) is 3. The van der Waals surface area contributed by atoms with Gasteiger partial charge < -0.3 is 15.3 Å². The van der Waals surface area contributed by atoms with Gasteiger partial charge in [0.1, 0.15) is 6.04 Å². The number of nitrogens with one attached hydrogen (secondary N) is 1. The molecule has 0 aromatic heterocycles. The van der Waals surface area contributed by atoms with E-state index in [0.29, 0.717) is 25.4 Å². The average molecular weight is 240 g/mol. The number of piperazine rings is 1. The molecule has 17 heavy (non-hydrogen) atoms. The van der Waals surface area contributed by atoms with Crippen molar-refractivity contribution >= 4 is 11.8 Å². The lowest BCUT2D eigenvalue weighted by atomic mass is 9.99. The summed E-state index contributed by atoms with van der Waals surface area (Å²) in [7, 11) is 0. The first kappa shape index (κ1) is 13.7. The van der Waals surface area contributed by atoms with Crippen LogP contribution in [0.15, 0.2) is 12.7 Å². The Balaban J connectivity index is 2.81. The molecule has 2 amide bonds. The normalized spacial score (nSPS) is 22.2. The summed E-state index contributed by atoms with van der Waals surface area (Å²) in [5, 5.41) is 12.2. The Hall–Kier alpha value is -1.36. The van der Waals surface area contributed by atoms with Crippen LogP contribution in [0, 0.1) is 5.92 Å². The fourth-order valence-corrected chi connectivity index (χ4v) is 1.93. The van der Waals surface area contributed by atoms with Crippen LogP contribution in [-0.4, -0.2) is 47.1 Å². The van der Waals surface area contributed by atoms with Crippen LogP contribution in [0.25, 0.3) is 0 Å². The van der Waals surface area contributed by atoms with Gasteiger partial charge in [0.05, 0.1) is 0 Å². The topological polar surface area (TPSA) is 69.6 Å². The predicted octanol–water partition coefficient (Wildman–Crippen LogP) is -0.0936. The van der Waals surface area contributed by atoms with E-state index in [2.05, 4.69) is 11.9 Å². The van der Waals surface area contributed by atoms with Crippen molar-refractivity contribution in [3.05, 3.63) is 12.7 Å². The Morgan fingerprint density at radius 2 is 2.35 bits per heavy atom. The summed E-state index contributed by atoms with van der Waals surface area (Å²) in [5.74, 6) is -0.282. The number of hydrogen-bond donors (Lipinski definition) is 2. The second-order valence-electron chi connectivity index (χ2n) is 4.65. The Morgan fingerprint density at radius 3 is 2.88 bits per heavy atom. The first-order valence-corrected chi connectivity index (χ1v) is 5.86. The van der Waals surface area contributed by atoms with E-state index in [1.165, 1.54) is 11.0 Å². The van der Waals surface area contributed by atoms with Crippen molar-refractivity contribution in [2.75, 3.05) is 13.1 Å². The fraction of sp³-hybridized carbons (Fsp3) is 0.667. The number of rotatable bonds is 4. The van der Waals surface area contributed by atoms with E-state index in [0.717, 1.165) is 0 Å². The van der Waals surface area contributed by atoms with Crippen molar-refractivity contribution in [1.82, 2.24) is 10.2 Å². The van der Waals surface area contributed by atoms with Gasteiger partial charge in [0.15, 0.2) is 6.10 Å². The van der Waals surface area contributed by atoms with Gasteiger partial charge in [0.2, 0.25) is 5.91 Å². The second kappa shape index (κ2) is 5.82. The number of carbonyl (C=O) groups is 2. The van der Waals surface area contributed by atoms with Crippen molar-refractivity contribution in [3.8, 4) is 0 Å². The summed E-state index contributed by atoms with van der Waals surface area (Å²) in [6, 6.07) is -0.481. The minimum Gasteiger partial charge on any atom is -0.379 e. The smallest absolute Gasteiger partial charge is 0.256 e. The van der Waals surface area contributed by atoms with Gasteiger partial charge in [-0.3, -0.25) is 9.59 Å². The highest BCUT2D eigenvalue weighted by atomic mass is 16.3. The Bertz CT molecular complexity index is 315. The van der Waals surface area contributed by atoms with E-state index in [1.54, 1.807) is 0 Å². The zero-order valence-corrected chi connectivity index (χ0v) is 10.3. The van der Waals surface area contributed by atoms with Crippen molar-refractivity contribution in [2.45, 2.75) is 32.4 Å². The van der Waals surface area contributed by atoms with Gasteiger partial charge in [0, 0.05) is 13.1 Å². The van der Waals surface area contributed by atoms with Gasteiger partial charge in [-0.05, 0) is 12.3 Å². The van der Waals surface area contributed by atoms with Crippen LogP contribution in [0.1, 0.15) is 20.3 Å². The maximum atomic E-state index is 11.9. The lowest BCUT2D eigenvalue weighted by Crippen LogP contribution is -2.59. The quantitative estimate of drug-likeness (QED) is 0.675. The number of aliphatic hydroxyl groups is 1. The maximum absolute atomic E-state index is 11.9. The highest BCUT2D eigenvalue weighted by Gasteiger charge is 2.35. The van der Waals surface area contributed by atoms with Crippen LogP contribution in [0.2, 0.25) is 0 Å². The summed E-state index contributed by atoms with van der Waals surface area (Å²) < 4.78 is 0. The van der Waals surface area contributed by atoms with Crippen LogP contribution < -0.4 is 5.32 Å². The standard InChI is InChI=1S/C12H20N2O3/c1-4-10(15)12(17)14-6-5-13-11(16)9(14)7-8(2)3/h4,8-10,15H,1,5-7H2,2-3H3,(H,13,16)/t9-,10-/m0/s1. The number of amides is 2. The molecule has 1 saturated heterocycles. The molecule has 0 saturated carbocycles. The maximum Gasteiger partial charge on any atom is 0.256 e. The molecule has 1 heterocycles. The van der Waals surface area contributed by atoms with E-state index in [9.17, 15) is 14.7 Å². The zero-order chi connectivity index (χ0) is 13.0. The monoisotopic (exact) mass is 240 g/mol. The van der Waals surface area contributed by atoms with E-state index in [-0.39, 0.29) is 5.91 Å². The molecule has 0 unspecified atom stereocenters. The SMILES string of the molecule is C=C[C@H](O)C(=O)N1CCNC(=O)[C@@H]1CC(C)C. The molecule has 0 aromatic carbocycles. The summed E-state index contributed by atoms with van der Waals surface area (Å²) in [4.78, 5) is 25.1. The molecule has 2 N–H and O–H groups in total. The third kappa shape index (κ3) is 3.30. The molecular formula is C12H20N2O3. The zero-order valence-electron chi connectivity index (χ0n) is 10.3. The molecule has 0 aromatic rings. The third-order valence-electron chi connectivity index (χ3n) is 2.78. The Labute approximate surface area is 101 Å². The van der Waals surface area contributed by atoms with E-state index in [1.807, 2.05) is 13.8 Å². The predicted molar refractivity (Wildman–Crippen MR) is 64.2 cm³/mol. The molecule has 0 radical (unpaired) electrons. The van der Waals surface area contributed by atoms with Crippen molar-refractivity contribution in [1.29, 1.82) is 0 Å². The molecular weight excluding hydrogens is 220 g/mol. The molecule has 0 spiro atoms. The third-order valence-corrected chi connectivity index (χ3v) is 2.78. The van der Waals surface area contributed by atoms with Crippen LogP contribution in [-0.2, 0) is 9.59 Å². The first-order chi connectivity index (χ1) is 7.97. The van der Waals surface area contributed by atoms with Crippen LogP contribution in [0.4, 0.5) is 0 Å². The Kier molecular flexibility index (Phi) is 4.69. The highest BCUT2D eigenvalue weighted by molar-refractivity contribution is 5.91. The van der Waals surface area contributed by atoms with Gasteiger partial charge in [0.25, 0.3) is 5.91 Å². The van der Waals surface area contributed by atoms with Crippen molar-refractivity contribution in [2.24, 2.45) is 5.92 Å². The second-order valence-corrected chi connectivity index (χ2v) is 4.65. The van der Waals surface area contributed by atoms with Gasteiger partial charge >= 0.3 is 0 Å². The van der Waals surface area contributed by atoms with Crippen molar-refractivity contribution < 1.29 is 14.7 Å². The Morgan fingerprint density at radius 1 is 1.71 bits per heavy atom. The molecule has 5 nitrogen and oxygen atoms in total. The van der Waals surface area contributed by atoms with Gasteiger partial charge in [-0.1, -0.05) is 26.5 Å². The van der Waals surface area contributed by atoms with Gasteiger partial charge in [-0.15, -0.1) is 0 Å². The summed E-state index contributed by atoms with van der Waals surface area (Å²) in [6.07, 6.45) is 0.554. The molecule has 0 aliphatic carbocycles. The molecule has 96 valence electrons. The molecule has 0 bridgehead atoms. The average Bonchev–Trinajstić information content (AvgIpc) is 2.29. The lowest BCUT2D eigenvalue weighted by molar-refractivity contribution is -0.148. The van der Waals surface area contributed by atoms with Gasteiger partial charge in [-0.2, -0.15) is 0 Å². The molecule has 5 heteroatoms. The molecule has 2 atom stereocenters. The molecule has 1 fully saturated rings. The number of carbonyl (C=O) groups excluding carboxylic acids is 2. The van der Waals surface area contributed by atoms with Crippen LogP contribution in [0.5, 0.6) is 0 Å². The largest absolute Gasteiger partial charge is 0.379 e. The highest BCUT2D eigenvalue weighted by Crippen LogP contribution is 2.15. The van der Waals surface area contributed by atoms with E-state index in [4.69, 9.17) is 0 Å². The fourth-order valence-electron chi connectivity index (χ4n) is 1.93. The van der Waals surface area contributed by atoms with Crippen molar-refractivity contribution in [3.63, 3.8) is 0 Å². The molecule has 1 aliphatic heterocycles. The summed E-state index contributed by atoms with van der Waals surface area (Å²) in [5.41, 5.74) is 0. The van der Waals surface area contributed by atoms with Gasteiger partial charge in [-0.25, -0.2) is 0 Å². The van der Waals surface area contributed by atoms with Crippen LogP contribution in [0.3, 0.4) is 0 Å². The number of aliphatic hydroxyl groups excluding tert-OH is 1. The lowest BCUT2D eigenvalue weighted by Gasteiger charge is -2.36. The summed E-state index contributed by atoms with van der Waals surface area (Å²) in [6.45, 7) is 8.24.